The number of amides is 2. The third-order valence-corrected chi connectivity index (χ3v) is 7.29. The van der Waals surface area contributed by atoms with Crippen LogP contribution in [0.25, 0.3) is 0 Å². The summed E-state index contributed by atoms with van der Waals surface area (Å²) in [5, 5.41) is 2.55. The van der Waals surface area contributed by atoms with Gasteiger partial charge in [-0.05, 0) is 60.2 Å². The molecule has 2 heterocycles. The number of hydrogen-bond acceptors (Lipinski definition) is 5. The highest BCUT2D eigenvalue weighted by Crippen LogP contribution is 2.35. The van der Waals surface area contributed by atoms with E-state index in [2.05, 4.69) is 11.4 Å². The fraction of sp³-hybridized carbons (Fsp3) is 0.333. The second-order valence-corrected chi connectivity index (χ2v) is 9.79. The van der Waals surface area contributed by atoms with Crippen molar-refractivity contribution in [2.75, 3.05) is 33.4 Å². The molecule has 1 aliphatic heterocycles. The SMILES string of the molecule is CCCN(CC(=O)N1CCc2sccc2[C@@H]1COc1ccccc1OC)C(=O)c1cccc(Cl)c1. The first-order valence-corrected chi connectivity index (χ1v) is 12.9. The second-order valence-electron chi connectivity index (χ2n) is 8.35. The summed E-state index contributed by atoms with van der Waals surface area (Å²) in [7, 11) is 1.61. The van der Waals surface area contributed by atoms with Gasteiger partial charge < -0.3 is 19.3 Å². The Morgan fingerprint density at radius 2 is 1.94 bits per heavy atom. The van der Waals surface area contributed by atoms with Crippen LogP contribution in [-0.2, 0) is 11.2 Å². The third kappa shape index (κ3) is 5.80. The summed E-state index contributed by atoms with van der Waals surface area (Å²) in [6.07, 6.45) is 1.54. The first-order chi connectivity index (χ1) is 17.0. The van der Waals surface area contributed by atoms with E-state index in [1.54, 1.807) is 47.6 Å². The van der Waals surface area contributed by atoms with Gasteiger partial charge in [-0.3, -0.25) is 9.59 Å². The lowest BCUT2D eigenvalue weighted by Crippen LogP contribution is -2.48. The van der Waals surface area contributed by atoms with Crippen molar-refractivity contribution in [2.45, 2.75) is 25.8 Å². The predicted octanol–water partition coefficient (Wildman–Crippen LogP) is 5.47. The van der Waals surface area contributed by atoms with Gasteiger partial charge in [-0.2, -0.15) is 0 Å². The zero-order valence-electron chi connectivity index (χ0n) is 19.9. The van der Waals surface area contributed by atoms with Crippen LogP contribution >= 0.6 is 22.9 Å². The van der Waals surface area contributed by atoms with Crippen LogP contribution in [0.4, 0.5) is 0 Å². The fourth-order valence-electron chi connectivity index (χ4n) is 4.36. The molecule has 184 valence electrons. The number of thiophene rings is 1. The number of benzene rings is 2. The molecule has 0 saturated carbocycles. The number of halogens is 1. The van der Waals surface area contributed by atoms with E-state index < -0.39 is 0 Å². The molecule has 2 aromatic carbocycles. The van der Waals surface area contributed by atoms with Crippen molar-refractivity contribution >= 4 is 34.8 Å². The summed E-state index contributed by atoms with van der Waals surface area (Å²) in [6.45, 7) is 3.36. The van der Waals surface area contributed by atoms with Gasteiger partial charge in [0.15, 0.2) is 11.5 Å². The van der Waals surface area contributed by atoms with E-state index in [0.29, 0.717) is 41.8 Å². The summed E-state index contributed by atoms with van der Waals surface area (Å²) in [5.74, 6) is 0.985. The molecule has 0 saturated heterocycles. The molecular formula is C27H29ClN2O4S. The zero-order valence-corrected chi connectivity index (χ0v) is 21.5. The van der Waals surface area contributed by atoms with Crippen molar-refractivity contribution in [3.8, 4) is 11.5 Å². The molecule has 0 unspecified atom stereocenters. The molecule has 8 heteroatoms. The van der Waals surface area contributed by atoms with Crippen molar-refractivity contribution in [2.24, 2.45) is 0 Å². The maximum absolute atomic E-state index is 13.6. The Bertz CT molecular complexity index is 1180. The van der Waals surface area contributed by atoms with Gasteiger partial charge in [0.2, 0.25) is 5.91 Å². The van der Waals surface area contributed by atoms with Crippen LogP contribution in [0.3, 0.4) is 0 Å². The van der Waals surface area contributed by atoms with Crippen LogP contribution < -0.4 is 9.47 Å². The second kappa shape index (κ2) is 11.6. The van der Waals surface area contributed by atoms with Crippen LogP contribution in [0.2, 0.25) is 5.02 Å². The quantitative estimate of drug-likeness (QED) is 0.381. The number of carbonyl (C=O) groups excluding carboxylic acids is 2. The van der Waals surface area contributed by atoms with Gasteiger partial charge in [-0.25, -0.2) is 0 Å². The highest BCUT2D eigenvalue weighted by molar-refractivity contribution is 7.10. The lowest BCUT2D eigenvalue weighted by atomic mass is 10.0. The highest BCUT2D eigenvalue weighted by Gasteiger charge is 2.33. The van der Waals surface area contributed by atoms with Crippen LogP contribution in [0.1, 0.15) is 40.2 Å². The van der Waals surface area contributed by atoms with Gasteiger partial charge in [0.1, 0.15) is 13.2 Å². The van der Waals surface area contributed by atoms with Crippen molar-refractivity contribution in [1.29, 1.82) is 0 Å². The first kappa shape index (κ1) is 25.1. The Kier molecular flexibility index (Phi) is 8.31. The van der Waals surface area contributed by atoms with E-state index in [4.69, 9.17) is 21.1 Å². The van der Waals surface area contributed by atoms with E-state index >= 15 is 0 Å². The molecule has 1 aromatic heterocycles. The molecule has 3 aromatic rings. The number of carbonyl (C=O) groups is 2. The number of nitrogens with zero attached hydrogens (tertiary/aromatic N) is 2. The number of fused-ring (bicyclic) bond motifs is 1. The fourth-order valence-corrected chi connectivity index (χ4v) is 5.48. The van der Waals surface area contributed by atoms with Crippen LogP contribution in [0.5, 0.6) is 11.5 Å². The first-order valence-electron chi connectivity index (χ1n) is 11.7. The molecule has 1 aliphatic rings. The van der Waals surface area contributed by atoms with Gasteiger partial charge in [0, 0.05) is 28.6 Å². The topological polar surface area (TPSA) is 59.1 Å². The van der Waals surface area contributed by atoms with E-state index in [-0.39, 0.29) is 24.4 Å². The monoisotopic (exact) mass is 512 g/mol. The Morgan fingerprint density at radius 3 is 2.69 bits per heavy atom. The molecule has 0 N–H and O–H groups in total. The van der Waals surface area contributed by atoms with Gasteiger partial charge in [0.05, 0.1) is 13.2 Å². The Morgan fingerprint density at radius 1 is 1.14 bits per heavy atom. The lowest BCUT2D eigenvalue weighted by Gasteiger charge is -2.37. The minimum absolute atomic E-state index is 0.00378. The third-order valence-electron chi connectivity index (χ3n) is 6.06. The van der Waals surface area contributed by atoms with E-state index in [1.807, 2.05) is 36.1 Å². The van der Waals surface area contributed by atoms with Crippen molar-refractivity contribution < 1.29 is 19.1 Å². The van der Waals surface area contributed by atoms with E-state index in [9.17, 15) is 9.59 Å². The minimum Gasteiger partial charge on any atom is -0.493 e. The number of methoxy groups -OCH3 is 1. The van der Waals surface area contributed by atoms with Crippen molar-refractivity contribution in [3.63, 3.8) is 0 Å². The van der Waals surface area contributed by atoms with Crippen molar-refractivity contribution in [3.05, 3.63) is 81.0 Å². The molecule has 1 atom stereocenters. The average Bonchev–Trinajstić information content (AvgIpc) is 3.36. The van der Waals surface area contributed by atoms with E-state index in [1.165, 1.54) is 4.88 Å². The molecule has 0 bridgehead atoms. The van der Waals surface area contributed by atoms with Crippen LogP contribution in [0, 0.1) is 0 Å². The van der Waals surface area contributed by atoms with Gasteiger partial charge in [-0.15, -0.1) is 11.3 Å². The van der Waals surface area contributed by atoms with Gasteiger partial charge in [-0.1, -0.05) is 36.7 Å². The summed E-state index contributed by atoms with van der Waals surface area (Å²) >= 11 is 7.80. The number of rotatable bonds is 9. The van der Waals surface area contributed by atoms with Gasteiger partial charge in [0.25, 0.3) is 5.91 Å². The molecule has 35 heavy (non-hydrogen) atoms. The zero-order chi connectivity index (χ0) is 24.8. The highest BCUT2D eigenvalue weighted by atomic mass is 35.5. The number of ether oxygens (including phenoxy) is 2. The molecular weight excluding hydrogens is 484 g/mol. The summed E-state index contributed by atoms with van der Waals surface area (Å²) < 4.78 is 11.6. The number of hydrogen-bond donors (Lipinski definition) is 0. The molecule has 0 aliphatic carbocycles. The van der Waals surface area contributed by atoms with Gasteiger partial charge >= 0.3 is 0 Å². The Labute approximate surface area is 215 Å². The Balaban J connectivity index is 1.53. The molecule has 0 radical (unpaired) electrons. The molecule has 6 nitrogen and oxygen atoms in total. The van der Waals surface area contributed by atoms with Crippen LogP contribution in [0.15, 0.2) is 60.0 Å². The number of para-hydroxylation sites is 2. The summed E-state index contributed by atoms with van der Waals surface area (Å²) in [4.78, 5) is 31.5. The summed E-state index contributed by atoms with van der Waals surface area (Å²) in [5.41, 5.74) is 1.58. The standard InChI is InChI=1S/C27H29ClN2O4S/c1-3-13-29(27(32)19-7-6-8-20(28)16-19)17-26(31)30-14-11-25-21(12-15-35-25)22(30)18-34-24-10-5-4-9-23(24)33-2/h4-10,12,15-16,22H,3,11,13-14,17-18H2,1-2H3/t22-/m0/s1. The summed E-state index contributed by atoms with van der Waals surface area (Å²) in [6, 6.07) is 16.1. The molecule has 0 spiro atoms. The lowest BCUT2D eigenvalue weighted by molar-refractivity contribution is -0.135. The largest absolute Gasteiger partial charge is 0.493 e. The molecule has 4 rings (SSSR count). The normalized spacial score (nSPS) is 14.8. The maximum atomic E-state index is 13.6. The minimum atomic E-state index is -0.243. The Hall–Kier alpha value is -3.03. The average molecular weight is 513 g/mol. The van der Waals surface area contributed by atoms with E-state index in [0.717, 1.165) is 18.4 Å². The van der Waals surface area contributed by atoms with Crippen molar-refractivity contribution in [1.82, 2.24) is 9.80 Å². The van der Waals surface area contributed by atoms with Crippen LogP contribution in [-0.4, -0.2) is 55.0 Å². The maximum Gasteiger partial charge on any atom is 0.254 e. The molecule has 2 amide bonds. The predicted molar refractivity (Wildman–Crippen MR) is 139 cm³/mol. The molecule has 0 fully saturated rings. The smallest absolute Gasteiger partial charge is 0.254 e.